The summed E-state index contributed by atoms with van der Waals surface area (Å²) in [6.07, 6.45) is 12.3. The summed E-state index contributed by atoms with van der Waals surface area (Å²) in [5.41, 5.74) is 6.04. The molecule has 0 aromatic rings. The third-order valence-corrected chi connectivity index (χ3v) is 5.27. The third-order valence-electron chi connectivity index (χ3n) is 5.27. The molecule has 1 aliphatic heterocycles. The lowest BCUT2D eigenvalue weighted by atomic mass is 9.95. The van der Waals surface area contributed by atoms with Crippen LogP contribution in [0.1, 0.15) is 78.1 Å². The molecule has 6 heteroatoms. The Hall–Kier alpha value is -1.56. The van der Waals surface area contributed by atoms with Crippen molar-refractivity contribution in [2.75, 3.05) is 19.7 Å². The zero-order chi connectivity index (χ0) is 19.5. The monoisotopic (exact) mass is 378 g/mol. The number of aliphatic imine (C=N–C) groups is 1. The maximum atomic E-state index is 12.1. The van der Waals surface area contributed by atoms with Crippen molar-refractivity contribution in [3.8, 4) is 0 Å². The van der Waals surface area contributed by atoms with Crippen molar-refractivity contribution < 1.29 is 9.53 Å². The second-order valence-corrected chi connectivity index (χ2v) is 7.77. The third kappa shape index (κ3) is 7.91. The lowest BCUT2D eigenvalue weighted by molar-refractivity contribution is -0.122. The highest BCUT2D eigenvalue weighted by atomic mass is 16.5. The Labute approximate surface area is 164 Å². The first-order valence-electron chi connectivity index (χ1n) is 10.8. The van der Waals surface area contributed by atoms with Crippen molar-refractivity contribution >= 4 is 11.7 Å². The maximum absolute atomic E-state index is 12.1. The summed E-state index contributed by atoms with van der Waals surface area (Å²) < 4.78 is 5.82. The molecule has 1 amide bonds. The van der Waals surface area contributed by atoms with Crippen LogP contribution >= 0.6 is 0 Å². The largest absolute Gasteiger partial charge is 0.478 e. The molecule has 1 atom stereocenters. The van der Waals surface area contributed by atoms with Gasteiger partial charge in [0.15, 0.2) is 0 Å². The Morgan fingerprint density at radius 1 is 1.26 bits per heavy atom. The van der Waals surface area contributed by atoms with Gasteiger partial charge in [0.25, 0.3) is 0 Å². The number of amidine groups is 1. The molecule has 0 bridgehead atoms. The summed E-state index contributed by atoms with van der Waals surface area (Å²) in [7, 11) is 0. The summed E-state index contributed by atoms with van der Waals surface area (Å²) in [5, 5.41) is 3.15. The molecule has 1 fully saturated rings. The average Bonchev–Trinajstić information content (AvgIpc) is 2.65. The standard InChI is InChI=1S/C21H38N4O2/c1-3-12-25(13-4-2)18-15-19(22)24-21(16-18)27-14-8-11-20(26)23-17-9-6-5-7-10-17/h16-18H,3-15H2,1-2H3,(H2,22,24)(H,23,26). The maximum Gasteiger partial charge on any atom is 0.220 e. The molecule has 0 aromatic heterocycles. The molecule has 1 aliphatic carbocycles. The number of nitrogens with one attached hydrogen (secondary N) is 1. The zero-order valence-corrected chi connectivity index (χ0v) is 17.2. The molecule has 2 rings (SSSR count). The van der Waals surface area contributed by atoms with Gasteiger partial charge in [0, 0.05) is 24.9 Å². The van der Waals surface area contributed by atoms with Crippen molar-refractivity contribution in [1.29, 1.82) is 0 Å². The van der Waals surface area contributed by atoms with Crippen LogP contribution in [0, 0.1) is 0 Å². The minimum atomic E-state index is 0.140. The predicted octanol–water partition coefficient (Wildman–Crippen LogP) is 3.33. The second-order valence-electron chi connectivity index (χ2n) is 7.77. The van der Waals surface area contributed by atoms with Crippen molar-refractivity contribution in [1.82, 2.24) is 10.2 Å². The van der Waals surface area contributed by atoms with Gasteiger partial charge in [-0.25, -0.2) is 4.99 Å². The van der Waals surface area contributed by atoms with Gasteiger partial charge in [0.2, 0.25) is 11.8 Å². The van der Waals surface area contributed by atoms with Crippen LogP contribution in [0.15, 0.2) is 17.0 Å². The summed E-state index contributed by atoms with van der Waals surface area (Å²) in [6, 6.07) is 0.633. The van der Waals surface area contributed by atoms with Gasteiger partial charge < -0.3 is 15.8 Å². The number of hydrogen-bond donors (Lipinski definition) is 2. The minimum absolute atomic E-state index is 0.140. The summed E-state index contributed by atoms with van der Waals surface area (Å²) in [4.78, 5) is 18.9. The van der Waals surface area contributed by atoms with Gasteiger partial charge in [-0.3, -0.25) is 9.69 Å². The molecule has 6 nitrogen and oxygen atoms in total. The second kappa shape index (κ2) is 12.0. The number of carbonyl (C=O) groups is 1. The van der Waals surface area contributed by atoms with Crippen LogP contribution in [-0.2, 0) is 9.53 Å². The highest BCUT2D eigenvalue weighted by Crippen LogP contribution is 2.19. The predicted molar refractivity (Wildman–Crippen MR) is 110 cm³/mol. The van der Waals surface area contributed by atoms with Gasteiger partial charge in [0.05, 0.1) is 6.61 Å². The van der Waals surface area contributed by atoms with E-state index in [1.165, 1.54) is 19.3 Å². The van der Waals surface area contributed by atoms with Crippen LogP contribution in [0.2, 0.25) is 0 Å². The van der Waals surface area contributed by atoms with E-state index in [4.69, 9.17) is 10.5 Å². The summed E-state index contributed by atoms with van der Waals surface area (Å²) in [6.45, 7) is 6.99. The molecule has 0 saturated heterocycles. The van der Waals surface area contributed by atoms with E-state index >= 15 is 0 Å². The van der Waals surface area contributed by atoms with Gasteiger partial charge in [0.1, 0.15) is 5.84 Å². The van der Waals surface area contributed by atoms with E-state index in [2.05, 4.69) is 35.1 Å². The van der Waals surface area contributed by atoms with Gasteiger partial charge in [-0.2, -0.15) is 0 Å². The molecule has 1 saturated carbocycles. The van der Waals surface area contributed by atoms with E-state index in [-0.39, 0.29) is 11.9 Å². The lowest BCUT2D eigenvalue weighted by Crippen LogP contribution is -2.40. The number of nitrogens with two attached hydrogens (primary N) is 1. The molecule has 0 aromatic carbocycles. The fourth-order valence-corrected chi connectivity index (χ4v) is 3.95. The van der Waals surface area contributed by atoms with Gasteiger partial charge in [-0.1, -0.05) is 33.1 Å². The number of rotatable bonds is 11. The molecule has 154 valence electrons. The number of carbonyl (C=O) groups excluding carboxylic acids is 1. The quantitative estimate of drug-likeness (QED) is 0.541. The molecule has 27 heavy (non-hydrogen) atoms. The molecule has 1 unspecified atom stereocenters. The Morgan fingerprint density at radius 2 is 1.96 bits per heavy atom. The summed E-state index contributed by atoms with van der Waals surface area (Å²) in [5.74, 6) is 1.37. The Kier molecular flexibility index (Phi) is 9.67. The first kappa shape index (κ1) is 21.7. The van der Waals surface area contributed by atoms with Crippen LogP contribution in [-0.4, -0.2) is 48.4 Å². The smallest absolute Gasteiger partial charge is 0.220 e. The Bertz CT molecular complexity index is 506. The molecular weight excluding hydrogens is 340 g/mol. The van der Waals surface area contributed by atoms with Gasteiger partial charge in [-0.05, 0) is 51.3 Å². The summed E-state index contributed by atoms with van der Waals surface area (Å²) >= 11 is 0. The van der Waals surface area contributed by atoms with Gasteiger partial charge in [-0.15, -0.1) is 0 Å². The molecule has 0 radical (unpaired) electrons. The molecular formula is C21H38N4O2. The highest BCUT2D eigenvalue weighted by molar-refractivity contribution is 5.83. The topological polar surface area (TPSA) is 80.0 Å². The Balaban J connectivity index is 1.73. The highest BCUT2D eigenvalue weighted by Gasteiger charge is 2.22. The van der Waals surface area contributed by atoms with Gasteiger partial charge >= 0.3 is 0 Å². The normalized spacial score (nSPS) is 20.9. The number of amides is 1. The number of nitrogens with zero attached hydrogens (tertiary/aromatic N) is 2. The first-order chi connectivity index (χ1) is 13.1. The van der Waals surface area contributed by atoms with Crippen LogP contribution < -0.4 is 11.1 Å². The van der Waals surface area contributed by atoms with Crippen molar-refractivity contribution in [2.24, 2.45) is 10.7 Å². The van der Waals surface area contributed by atoms with Crippen molar-refractivity contribution in [3.63, 3.8) is 0 Å². The fraction of sp³-hybridized carbons (Fsp3) is 0.810. The number of hydrogen-bond acceptors (Lipinski definition) is 5. The molecule has 3 N–H and O–H groups in total. The van der Waals surface area contributed by atoms with Crippen LogP contribution in [0.5, 0.6) is 0 Å². The number of ether oxygens (including phenoxy) is 1. The molecule has 0 spiro atoms. The molecule has 1 heterocycles. The van der Waals surface area contributed by atoms with Crippen molar-refractivity contribution in [2.45, 2.75) is 90.1 Å². The Morgan fingerprint density at radius 3 is 2.63 bits per heavy atom. The van der Waals surface area contributed by atoms with Crippen LogP contribution in [0.3, 0.4) is 0 Å². The van der Waals surface area contributed by atoms with Crippen molar-refractivity contribution in [3.05, 3.63) is 12.0 Å². The SMILES string of the molecule is CCCN(CCC)C1C=C(OCCCC(=O)NC2CCCCC2)N=C(N)C1. The van der Waals surface area contributed by atoms with E-state index in [1.807, 2.05) is 0 Å². The fourth-order valence-electron chi connectivity index (χ4n) is 3.95. The van der Waals surface area contributed by atoms with E-state index in [0.29, 0.717) is 37.2 Å². The van der Waals surface area contributed by atoms with E-state index < -0.39 is 0 Å². The first-order valence-corrected chi connectivity index (χ1v) is 10.8. The van der Waals surface area contributed by atoms with E-state index in [9.17, 15) is 4.79 Å². The van der Waals surface area contributed by atoms with E-state index in [0.717, 1.165) is 45.2 Å². The minimum Gasteiger partial charge on any atom is -0.478 e. The van der Waals surface area contributed by atoms with Crippen LogP contribution in [0.4, 0.5) is 0 Å². The zero-order valence-electron chi connectivity index (χ0n) is 17.2. The van der Waals surface area contributed by atoms with E-state index in [1.54, 1.807) is 0 Å². The average molecular weight is 379 g/mol. The lowest BCUT2D eigenvalue weighted by Gasteiger charge is -2.31. The van der Waals surface area contributed by atoms with Crippen LogP contribution in [0.25, 0.3) is 0 Å². The molecule has 2 aliphatic rings.